The number of nitrogens with one attached hydrogen (secondary N) is 2. The predicted octanol–water partition coefficient (Wildman–Crippen LogP) is 1.21. The second-order valence-electron chi connectivity index (χ2n) is 3.50. The number of H-pyrrole nitrogens is 1. The zero-order valence-corrected chi connectivity index (χ0v) is 9.93. The van der Waals surface area contributed by atoms with Crippen LogP contribution in [0.5, 0.6) is 0 Å². The summed E-state index contributed by atoms with van der Waals surface area (Å²) in [4.78, 5) is -0.476. The fourth-order valence-electron chi connectivity index (χ4n) is 1.33. The molecule has 0 atom stereocenters. The summed E-state index contributed by atoms with van der Waals surface area (Å²) >= 11 is 0. The summed E-state index contributed by atoms with van der Waals surface area (Å²) in [6, 6.07) is 0.694. The number of rotatable bonds is 3. The third-order valence-electron chi connectivity index (χ3n) is 2.17. The van der Waals surface area contributed by atoms with E-state index in [9.17, 15) is 21.6 Å². The molecule has 2 aromatic rings. The molecule has 19 heavy (non-hydrogen) atoms. The first-order valence-electron chi connectivity index (χ1n) is 4.77. The van der Waals surface area contributed by atoms with Crippen molar-refractivity contribution >= 4 is 21.5 Å². The fraction of sp³-hybridized carbons (Fsp3) is 0. The number of nitrogens with two attached hydrogens (primary N) is 1. The number of hydrogen-bond acceptors (Lipinski definition) is 4. The quantitative estimate of drug-likeness (QED) is 0.791. The zero-order valence-electron chi connectivity index (χ0n) is 9.12. The average Bonchev–Trinajstić information content (AvgIpc) is 2.70. The Hall–Kier alpha value is -2.23. The van der Waals surface area contributed by atoms with E-state index in [1.54, 1.807) is 4.72 Å². The Labute approximate surface area is 105 Å². The Morgan fingerprint density at radius 2 is 1.79 bits per heavy atom. The van der Waals surface area contributed by atoms with Crippen molar-refractivity contribution in [3.05, 3.63) is 35.8 Å². The van der Waals surface area contributed by atoms with E-state index in [1.807, 2.05) is 0 Å². The van der Waals surface area contributed by atoms with Gasteiger partial charge in [-0.1, -0.05) is 0 Å². The molecule has 0 spiro atoms. The molecule has 0 amide bonds. The average molecular weight is 292 g/mol. The van der Waals surface area contributed by atoms with Gasteiger partial charge in [0.05, 0.1) is 6.20 Å². The molecule has 1 aromatic heterocycles. The molecule has 0 aliphatic heterocycles. The molecule has 102 valence electrons. The van der Waals surface area contributed by atoms with E-state index in [-0.39, 0.29) is 5.82 Å². The van der Waals surface area contributed by atoms with Crippen LogP contribution in [0, 0.1) is 17.5 Å². The van der Waals surface area contributed by atoms with Gasteiger partial charge in [-0.05, 0) is 0 Å². The van der Waals surface area contributed by atoms with Gasteiger partial charge in [-0.15, -0.1) is 0 Å². The molecule has 2 rings (SSSR count). The summed E-state index contributed by atoms with van der Waals surface area (Å²) in [5, 5.41) is 5.53. The lowest BCUT2D eigenvalue weighted by molar-refractivity contribution is 0.547. The first kappa shape index (κ1) is 13.2. The summed E-state index contributed by atoms with van der Waals surface area (Å²) in [6.07, 6.45) is 0.872. The van der Waals surface area contributed by atoms with Crippen molar-refractivity contribution in [1.29, 1.82) is 0 Å². The maximum atomic E-state index is 13.3. The molecule has 0 aliphatic rings. The molecule has 0 aliphatic carbocycles. The van der Waals surface area contributed by atoms with Crippen molar-refractivity contribution in [3.63, 3.8) is 0 Å². The van der Waals surface area contributed by atoms with Gasteiger partial charge < -0.3 is 5.73 Å². The maximum absolute atomic E-state index is 13.3. The van der Waals surface area contributed by atoms with Gasteiger partial charge in [-0.25, -0.2) is 21.6 Å². The van der Waals surface area contributed by atoms with Crippen LogP contribution in [0.2, 0.25) is 0 Å². The summed E-state index contributed by atoms with van der Waals surface area (Å²) in [5.41, 5.74) is 4.30. The minimum atomic E-state index is -4.33. The van der Waals surface area contributed by atoms with Crippen molar-refractivity contribution < 1.29 is 21.6 Å². The second kappa shape index (κ2) is 4.46. The lowest BCUT2D eigenvalue weighted by Gasteiger charge is -2.09. The Morgan fingerprint density at radius 1 is 1.21 bits per heavy atom. The van der Waals surface area contributed by atoms with Gasteiger partial charge in [-0.2, -0.15) is 5.10 Å². The lowest BCUT2D eigenvalue weighted by Crippen LogP contribution is -2.16. The third kappa shape index (κ3) is 2.47. The van der Waals surface area contributed by atoms with Gasteiger partial charge in [-0.3, -0.25) is 9.82 Å². The van der Waals surface area contributed by atoms with Gasteiger partial charge >= 0.3 is 0 Å². The highest BCUT2D eigenvalue weighted by atomic mass is 32.2. The number of aromatic nitrogens is 2. The van der Waals surface area contributed by atoms with Crippen LogP contribution in [0.25, 0.3) is 0 Å². The minimum Gasteiger partial charge on any atom is -0.383 e. The molecular formula is C9H7F3N4O2S. The van der Waals surface area contributed by atoms with Crippen molar-refractivity contribution in [2.24, 2.45) is 0 Å². The van der Waals surface area contributed by atoms with E-state index in [0.717, 1.165) is 6.20 Å². The molecule has 0 radical (unpaired) electrons. The van der Waals surface area contributed by atoms with E-state index in [0.29, 0.717) is 12.1 Å². The van der Waals surface area contributed by atoms with E-state index in [1.165, 1.54) is 0 Å². The zero-order chi connectivity index (χ0) is 14.2. The van der Waals surface area contributed by atoms with Crippen molar-refractivity contribution in [2.75, 3.05) is 10.5 Å². The van der Waals surface area contributed by atoms with Gasteiger partial charge in [0.2, 0.25) is 0 Å². The molecule has 0 saturated heterocycles. The Morgan fingerprint density at radius 3 is 2.26 bits per heavy atom. The number of nitrogen functional groups attached to an aromatic ring is 1. The van der Waals surface area contributed by atoms with Gasteiger partial charge in [0.15, 0.2) is 11.6 Å². The van der Waals surface area contributed by atoms with Gasteiger partial charge in [0.25, 0.3) is 10.0 Å². The molecule has 4 N–H and O–H groups in total. The highest BCUT2D eigenvalue weighted by molar-refractivity contribution is 7.92. The number of benzene rings is 1. The van der Waals surface area contributed by atoms with Crippen LogP contribution < -0.4 is 10.5 Å². The summed E-state index contributed by atoms with van der Waals surface area (Å²) in [6.45, 7) is 0. The monoisotopic (exact) mass is 292 g/mol. The number of nitrogens with zero attached hydrogens (tertiary/aromatic N) is 1. The van der Waals surface area contributed by atoms with Crippen molar-refractivity contribution in [3.8, 4) is 0 Å². The van der Waals surface area contributed by atoms with Crippen LogP contribution in [0.4, 0.5) is 24.7 Å². The highest BCUT2D eigenvalue weighted by Gasteiger charge is 2.23. The van der Waals surface area contributed by atoms with Crippen LogP contribution in [0.15, 0.2) is 23.2 Å². The number of hydrogen-bond donors (Lipinski definition) is 3. The molecule has 0 fully saturated rings. The van der Waals surface area contributed by atoms with Crippen LogP contribution >= 0.6 is 0 Å². The number of aromatic amines is 1. The maximum Gasteiger partial charge on any atom is 0.267 e. The summed E-state index contributed by atoms with van der Waals surface area (Å²) in [5.74, 6) is -4.23. The van der Waals surface area contributed by atoms with E-state index < -0.39 is 38.1 Å². The normalized spacial score (nSPS) is 11.5. The predicted molar refractivity (Wildman–Crippen MR) is 60.1 cm³/mol. The van der Waals surface area contributed by atoms with Gasteiger partial charge in [0, 0.05) is 12.1 Å². The molecule has 6 nitrogen and oxygen atoms in total. The number of sulfonamides is 1. The fourth-order valence-corrected chi connectivity index (χ4v) is 2.43. The van der Waals surface area contributed by atoms with Crippen LogP contribution in [-0.4, -0.2) is 18.6 Å². The number of anilines is 2. The van der Waals surface area contributed by atoms with Crippen LogP contribution in [0.1, 0.15) is 0 Å². The SMILES string of the molecule is Nc1[nH]ncc1S(=O)(=O)Nc1c(F)cc(F)cc1F. The first-order chi connectivity index (χ1) is 8.81. The van der Waals surface area contributed by atoms with Crippen molar-refractivity contribution in [1.82, 2.24) is 10.2 Å². The minimum absolute atomic E-state index is 0.296. The molecule has 10 heteroatoms. The van der Waals surface area contributed by atoms with Gasteiger partial charge in [0.1, 0.15) is 22.2 Å². The van der Waals surface area contributed by atoms with Crippen molar-refractivity contribution in [2.45, 2.75) is 4.90 Å². The highest BCUT2D eigenvalue weighted by Crippen LogP contribution is 2.24. The first-order valence-corrected chi connectivity index (χ1v) is 6.26. The largest absolute Gasteiger partial charge is 0.383 e. The molecule has 1 aromatic carbocycles. The summed E-state index contributed by atoms with van der Waals surface area (Å²) in [7, 11) is -4.33. The summed E-state index contributed by atoms with van der Waals surface area (Å²) < 4.78 is 64.6. The van der Waals surface area contributed by atoms with Crippen LogP contribution in [-0.2, 0) is 10.0 Å². The lowest BCUT2D eigenvalue weighted by atomic mass is 10.3. The topological polar surface area (TPSA) is 101 Å². The number of halogens is 3. The molecule has 0 saturated carbocycles. The van der Waals surface area contributed by atoms with E-state index >= 15 is 0 Å². The van der Waals surface area contributed by atoms with Crippen LogP contribution in [0.3, 0.4) is 0 Å². The Bertz CT molecular complexity index is 706. The van der Waals surface area contributed by atoms with E-state index in [4.69, 9.17) is 5.73 Å². The standard InChI is InChI=1S/C9H7F3N4O2S/c10-4-1-5(11)8(6(12)2-4)16-19(17,18)7-3-14-15-9(7)13/h1-3,16H,(H3,13,14,15). The Balaban J connectivity index is 2.45. The van der Waals surface area contributed by atoms with E-state index in [2.05, 4.69) is 10.2 Å². The second-order valence-corrected chi connectivity index (χ2v) is 5.15. The smallest absolute Gasteiger partial charge is 0.267 e. The Kier molecular flexibility index (Phi) is 3.10. The molecule has 1 heterocycles. The molecule has 0 unspecified atom stereocenters. The molecule has 0 bridgehead atoms. The third-order valence-corrected chi connectivity index (χ3v) is 3.54. The molecular weight excluding hydrogens is 285 g/mol.